The zero-order valence-electron chi connectivity index (χ0n) is 14.1. The van der Waals surface area contributed by atoms with E-state index in [1.165, 1.54) is 0 Å². The van der Waals surface area contributed by atoms with Crippen LogP contribution in [0.2, 0.25) is 5.02 Å². The summed E-state index contributed by atoms with van der Waals surface area (Å²) in [5.41, 5.74) is 2.58. The molecule has 0 saturated carbocycles. The molecule has 5 nitrogen and oxygen atoms in total. The quantitative estimate of drug-likeness (QED) is 0.525. The lowest BCUT2D eigenvalue weighted by Crippen LogP contribution is -2.12. The molecule has 1 N–H and O–H groups in total. The smallest absolute Gasteiger partial charge is 0.257 e. The molecule has 4 rings (SSSR count). The normalized spacial score (nSPS) is 10.6. The average molecular weight is 376 g/mol. The first kappa shape index (κ1) is 17.0. The topological polar surface area (TPSA) is 68.0 Å². The fourth-order valence-electron chi connectivity index (χ4n) is 2.61. The highest BCUT2D eigenvalue weighted by Crippen LogP contribution is 2.26. The van der Waals surface area contributed by atoms with E-state index in [2.05, 4.69) is 15.5 Å². The van der Waals surface area contributed by atoms with Crippen LogP contribution in [-0.2, 0) is 0 Å². The van der Waals surface area contributed by atoms with Crippen LogP contribution < -0.4 is 5.32 Å². The maximum absolute atomic E-state index is 12.4. The van der Waals surface area contributed by atoms with Gasteiger partial charge in [-0.05, 0) is 42.5 Å². The molecule has 0 unspecified atom stereocenters. The number of nitrogens with zero attached hydrogens (tertiary/aromatic N) is 2. The summed E-state index contributed by atoms with van der Waals surface area (Å²) in [6, 6.07) is 23.6. The number of carbonyl (C=O) groups excluding carboxylic acids is 1. The van der Waals surface area contributed by atoms with E-state index in [9.17, 15) is 4.79 Å². The molecular formula is C21H14ClN3O2. The summed E-state index contributed by atoms with van der Waals surface area (Å²) in [7, 11) is 0. The molecule has 0 fully saturated rings. The Labute approximate surface area is 160 Å². The summed E-state index contributed by atoms with van der Waals surface area (Å²) in [5, 5.41) is 11.4. The van der Waals surface area contributed by atoms with Crippen LogP contribution in [0.15, 0.2) is 83.3 Å². The van der Waals surface area contributed by atoms with Gasteiger partial charge >= 0.3 is 0 Å². The maximum Gasteiger partial charge on any atom is 0.257 e. The molecule has 27 heavy (non-hydrogen) atoms. The molecule has 4 aromatic rings. The van der Waals surface area contributed by atoms with Crippen molar-refractivity contribution in [3.8, 4) is 22.9 Å². The maximum atomic E-state index is 12.4. The first-order chi connectivity index (χ1) is 13.2. The van der Waals surface area contributed by atoms with Crippen molar-refractivity contribution in [1.29, 1.82) is 0 Å². The number of carbonyl (C=O) groups is 1. The highest BCUT2D eigenvalue weighted by molar-refractivity contribution is 6.34. The summed E-state index contributed by atoms with van der Waals surface area (Å²) < 4.78 is 5.76. The Balaban J connectivity index is 1.57. The van der Waals surface area contributed by atoms with Crippen molar-refractivity contribution in [2.24, 2.45) is 0 Å². The van der Waals surface area contributed by atoms with E-state index < -0.39 is 0 Å². The number of anilines is 1. The molecule has 0 aliphatic heterocycles. The monoisotopic (exact) mass is 375 g/mol. The Morgan fingerprint density at radius 3 is 2.26 bits per heavy atom. The van der Waals surface area contributed by atoms with Gasteiger partial charge in [-0.15, -0.1) is 10.2 Å². The summed E-state index contributed by atoms with van der Waals surface area (Å²) in [5.74, 6) is 0.534. The van der Waals surface area contributed by atoms with Crippen LogP contribution >= 0.6 is 11.6 Å². The van der Waals surface area contributed by atoms with Gasteiger partial charge in [0.15, 0.2) is 0 Å². The van der Waals surface area contributed by atoms with Crippen LogP contribution in [0, 0.1) is 0 Å². The lowest BCUT2D eigenvalue weighted by atomic mass is 10.1. The van der Waals surface area contributed by atoms with Crippen LogP contribution in [0.1, 0.15) is 10.4 Å². The van der Waals surface area contributed by atoms with E-state index in [0.717, 1.165) is 5.56 Å². The predicted molar refractivity (Wildman–Crippen MR) is 105 cm³/mol. The molecule has 1 aromatic heterocycles. The second kappa shape index (κ2) is 7.43. The number of benzene rings is 3. The number of hydrogen-bond donors (Lipinski definition) is 1. The van der Waals surface area contributed by atoms with Gasteiger partial charge in [0.25, 0.3) is 5.91 Å². The largest absolute Gasteiger partial charge is 0.416 e. The van der Waals surface area contributed by atoms with Crippen LogP contribution in [0.3, 0.4) is 0 Å². The summed E-state index contributed by atoms with van der Waals surface area (Å²) >= 11 is 6.08. The molecular weight excluding hydrogens is 362 g/mol. The van der Waals surface area contributed by atoms with Crippen LogP contribution in [0.5, 0.6) is 0 Å². The molecule has 0 aliphatic rings. The lowest BCUT2D eigenvalue weighted by Gasteiger charge is -2.07. The van der Waals surface area contributed by atoms with Gasteiger partial charge in [-0.1, -0.05) is 48.0 Å². The minimum atomic E-state index is -0.284. The summed E-state index contributed by atoms with van der Waals surface area (Å²) in [6.45, 7) is 0. The van der Waals surface area contributed by atoms with Gasteiger partial charge in [0.2, 0.25) is 11.8 Å². The Kier molecular flexibility index (Phi) is 4.68. The number of rotatable bonds is 4. The highest BCUT2D eigenvalue weighted by Gasteiger charge is 2.13. The number of amides is 1. The third kappa shape index (κ3) is 3.73. The Morgan fingerprint density at radius 1 is 0.815 bits per heavy atom. The first-order valence-corrected chi connectivity index (χ1v) is 8.64. The minimum Gasteiger partial charge on any atom is -0.416 e. The standard InChI is InChI=1S/C21H14ClN3O2/c22-18-12-5-4-11-17(18)19(26)23-16-10-6-9-15(13-16)21-25-24-20(27-21)14-7-2-1-3-8-14/h1-13H,(H,23,26). The molecule has 1 heterocycles. The van der Waals surface area contributed by atoms with Gasteiger partial charge in [-0.2, -0.15) is 0 Å². The predicted octanol–water partition coefficient (Wildman–Crippen LogP) is 5.31. The second-order valence-corrected chi connectivity index (χ2v) is 6.20. The van der Waals surface area contributed by atoms with Gasteiger partial charge in [0, 0.05) is 16.8 Å². The van der Waals surface area contributed by atoms with E-state index in [4.69, 9.17) is 16.0 Å². The number of aromatic nitrogens is 2. The minimum absolute atomic E-state index is 0.284. The molecule has 0 spiro atoms. The zero-order chi connectivity index (χ0) is 18.6. The summed E-state index contributed by atoms with van der Waals surface area (Å²) in [6.07, 6.45) is 0. The van der Waals surface area contributed by atoms with Crippen LogP contribution in [-0.4, -0.2) is 16.1 Å². The summed E-state index contributed by atoms with van der Waals surface area (Å²) in [4.78, 5) is 12.4. The van der Waals surface area contributed by atoms with Gasteiger partial charge in [-0.25, -0.2) is 0 Å². The van der Waals surface area contributed by atoms with E-state index in [-0.39, 0.29) is 5.91 Å². The van der Waals surface area contributed by atoms with E-state index in [1.54, 1.807) is 36.4 Å². The fourth-order valence-corrected chi connectivity index (χ4v) is 2.83. The van der Waals surface area contributed by atoms with E-state index >= 15 is 0 Å². The van der Waals surface area contributed by atoms with Crippen molar-refractivity contribution in [1.82, 2.24) is 10.2 Å². The average Bonchev–Trinajstić information content (AvgIpc) is 3.19. The molecule has 0 aliphatic carbocycles. The lowest BCUT2D eigenvalue weighted by molar-refractivity contribution is 0.102. The third-order valence-corrected chi connectivity index (χ3v) is 4.26. The molecule has 132 valence electrons. The van der Waals surface area contributed by atoms with Gasteiger partial charge in [0.1, 0.15) is 0 Å². The van der Waals surface area contributed by atoms with Gasteiger partial charge in [-0.3, -0.25) is 4.79 Å². The Hall–Kier alpha value is -3.44. The number of hydrogen-bond acceptors (Lipinski definition) is 4. The van der Waals surface area contributed by atoms with Crippen molar-refractivity contribution in [2.45, 2.75) is 0 Å². The van der Waals surface area contributed by atoms with Crippen molar-refractivity contribution in [3.05, 3.63) is 89.4 Å². The molecule has 3 aromatic carbocycles. The zero-order valence-corrected chi connectivity index (χ0v) is 14.9. The molecule has 6 heteroatoms. The van der Waals surface area contributed by atoms with Crippen molar-refractivity contribution >= 4 is 23.2 Å². The Morgan fingerprint density at radius 2 is 1.48 bits per heavy atom. The van der Waals surface area contributed by atoms with Gasteiger partial charge < -0.3 is 9.73 Å². The molecule has 1 amide bonds. The van der Waals surface area contributed by atoms with Crippen LogP contribution in [0.25, 0.3) is 22.9 Å². The number of nitrogens with one attached hydrogen (secondary N) is 1. The Bertz CT molecular complexity index is 1090. The van der Waals surface area contributed by atoms with Gasteiger partial charge in [0.05, 0.1) is 10.6 Å². The third-order valence-electron chi connectivity index (χ3n) is 3.93. The second-order valence-electron chi connectivity index (χ2n) is 5.79. The first-order valence-electron chi connectivity index (χ1n) is 8.26. The highest BCUT2D eigenvalue weighted by atomic mass is 35.5. The number of halogens is 1. The van der Waals surface area contributed by atoms with E-state index in [1.807, 2.05) is 42.5 Å². The molecule has 0 radical (unpaired) electrons. The fraction of sp³-hybridized carbons (Fsp3) is 0. The molecule has 0 atom stereocenters. The van der Waals surface area contributed by atoms with E-state index in [0.29, 0.717) is 33.6 Å². The molecule has 0 bridgehead atoms. The van der Waals surface area contributed by atoms with Crippen molar-refractivity contribution in [3.63, 3.8) is 0 Å². The SMILES string of the molecule is O=C(Nc1cccc(-c2nnc(-c3ccccc3)o2)c1)c1ccccc1Cl. The van der Waals surface area contributed by atoms with Crippen LogP contribution in [0.4, 0.5) is 5.69 Å². The van der Waals surface area contributed by atoms with Crippen molar-refractivity contribution in [2.75, 3.05) is 5.32 Å². The molecule has 0 saturated heterocycles. The van der Waals surface area contributed by atoms with Crippen molar-refractivity contribution < 1.29 is 9.21 Å².